The Morgan fingerprint density at radius 1 is 0.610 bits per heavy atom. The minimum absolute atomic E-state index is 0.284. The monoisotopic (exact) mass is 544 g/mol. The molecular weight excluding hydrogens is 500 g/mol. The van der Waals surface area contributed by atoms with Crippen molar-refractivity contribution >= 4 is 44.1 Å². The fourth-order valence-corrected chi connectivity index (χ4v) is 7.54. The topological polar surface area (TPSA) is 57.4 Å². The molecule has 2 aliphatic heterocycles. The molecule has 41 heavy (non-hydrogen) atoms. The quantitative estimate of drug-likeness (QED) is 0.243. The molecule has 4 nitrogen and oxygen atoms in total. The highest BCUT2D eigenvalue weighted by Gasteiger charge is 2.26. The lowest BCUT2D eigenvalue weighted by molar-refractivity contribution is 0.783. The number of hydrogen-bond donors (Lipinski definition) is 2. The van der Waals surface area contributed by atoms with Crippen LogP contribution in [0.2, 0.25) is 0 Å². The third kappa shape index (κ3) is 4.26. The van der Waals surface area contributed by atoms with Crippen LogP contribution in [0.15, 0.2) is 36.4 Å². The van der Waals surface area contributed by atoms with E-state index in [1.807, 2.05) is 0 Å². The highest BCUT2D eigenvalue weighted by atomic mass is 14.8. The third-order valence-corrected chi connectivity index (χ3v) is 9.45. The summed E-state index contributed by atoms with van der Waals surface area (Å²) in [4.78, 5) is 18.5. The van der Waals surface area contributed by atoms with E-state index in [0.29, 0.717) is 0 Å². The molecule has 0 saturated heterocycles. The lowest BCUT2D eigenvalue weighted by atomic mass is 9.92. The minimum Gasteiger partial charge on any atom is -0.355 e. The number of aryl methyl sites for hydroxylation is 4. The largest absolute Gasteiger partial charge is 0.355 e. The summed E-state index contributed by atoms with van der Waals surface area (Å²) in [6, 6.07) is 13.7. The lowest BCUT2D eigenvalue weighted by Crippen LogP contribution is -1.95. The van der Waals surface area contributed by atoms with Gasteiger partial charge in [-0.3, -0.25) is 4.98 Å². The molecule has 4 heteroatoms. The molecule has 4 aromatic rings. The Balaban J connectivity index is 1.88. The van der Waals surface area contributed by atoms with Gasteiger partial charge in [0.1, 0.15) is 0 Å². The first-order valence-corrected chi connectivity index (χ1v) is 15.9. The Hall–Kier alpha value is -3.66. The number of hydrogen-bond acceptors (Lipinski definition) is 2. The lowest BCUT2D eigenvalue weighted by Gasteiger charge is -2.09. The molecule has 2 aliphatic rings. The molecule has 5 heterocycles. The van der Waals surface area contributed by atoms with E-state index in [9.17, 15) is 0 Å². The molecule has 2 N–H and O–H groups in total. The summed E-state index contributed by atoms with van der Waals surface area (Å²) >= 11 is 0. The van der Waals surface area contributed by atoms with Crippen molar-refractivity contribution in [3.63, 3.8) is 0 Å². The van der Waals surface area contributed by atoms with Crippen LogP contribution in [-0.2, 0) is 25.7 Å². The van der Waals surface area contributed by atoms with E-state index in [2.05, 4.69) is 94.8 Å². The number of nitrogens with zero attached hydrogens (tertiary/aromatic N) is 2. The number of allylic oxidation sites excluding steroid dienone is 2. The second-order valence-corrected chi connectivity index (χ2v) is 11.4. The van der Waals surface area contributed by atoms with Crippen molar-refractivity contribution in [3.05, 3.63) is 81.3 Å². The van der Waals surface area contributed by atoms with E-state index < -0.39 is 0 Å². The number of fused-ring (bicyclic) bond motifs is 8. The molecule has 1 unspecified atom stereocenters. The molecule has 8 bridgehead atoms. The Morgan fingerprint density at radius 3 is 1.71 bits per heavy atom. The van der Waals surface area contributed by atoms with Crippen molar-refractivity contribution in [1.29, 1.82) is 0 Å². The maximum Gasteiger partial charge on any atom is 0.0766 e. The molecule has 0 aliphatic carbocycles. The van der Waals surface area contributed by atoms with Gasteiger partial charge < -0.3 is 9.97 Å². The predicted molar refractivity (Wildman–Crippen MR) is 176 cm³/mol. The van der Waals surface area contributed by atoms with E-state index >= 15 is 0 Å². The molecule has 0 spiro atoms. The second-order valence-electron chi connectivity index (χ2n) is 11.4. The first-order chi connectivity index (χ1) is 20.0. The number of para-hydroxylation sites is 1. The van der Waals surface area contributed by atoms with Gasteiger partial charge in [0.05, 0.1) is 22.6 Å². The van der Waals surface area contributed by atoms with Gasteiger partial charge in [-0.25, -0.2) is 4.98 Å². The molecule has 0 saturated carbocycles. The van der Waals surface area contributed by atoms with Crippen LogP contribution >= 0.6 is 0 Å². The Kier molecular flexibility index (Phi) is 7.36. The number of nitrogens with one attached hydrogen (secondary N) is 2. The number of aromatic nitrogens is 4. The average molecular weight is 545 g/mol. The molecule has 212 valence electrons. The van der Waals surface area contributed by atoms with Gasteiger partial charge in [0.2, 0.25) is 0 Å². The van der Waals surface area contributed by atoms with Crippen molar-refractivity contribution in [1.82, 2.24) is 19.9 Å². The van der Waals surface area contributed by atoms with Crippen molar-refractivity contribution in [2.45, 2.75) is 99.3 Å². The van der Waals surface area contributed by atoms with E-state index in [0.717, 1.165) is 67.5 Å². The van der Waals surface area contributed by atoms with Gasteiger partial charge in [-0.2, -0.15) is 0 Å². The smallest absolute Gasteiger partial charge is 0.0766 e. The first kappa shape index (κ1) is 27.5. The molecule has 6 rings (SSSR count). The summed E-state index contributed by atoms with van der Waals surface area (Å²) in [7, 11) is 0. The predicted octanol–water partition coefficient (Wildman–Crippen LogP) is 9.99. The molecular formula is C37H44N4. The summed E-state index contributed by atoms with van der Waals surface area (Å²) in [6.45, 7) is 15.9. The van der Waals surface area contributed by atoms with Crippen molar-refractivity contribution < 1.29 is 0 Å². The van der Waals surface area contributed by atoms with Crippen LogP contribution in [0.3, 0.4) is 0 Å². The van der Waals surface area contributed by atoms with E-state index in [1.54, 1.807) is 0 Å². The van der Waals surface area contributed by atoms with Gasteiger partial charge in [-0.1, -0.05) is 66.7 Å². The van der Waals surface area contributed by atoms with Gasteiger partial charge in [-0.15, -0.1) is 0 Å². The maximum absolute atomic E-state index is 5.39. The van der Waals surface area contributed by atoms with Crippen LogP contribution in [0.5, 0.6) is 0 Å². The first-order valence-electron chi connectivity index (χ1n) is 15.9. The summed E-state index contributed by atoms with van der Waals surface area (Å²) < 4.78 is 0. The van der Waals surface area contributed by atoms with Gasteiger partial charge in [-0.05, 0) is 102 Å². The third-order valence-electron chi connectivity index (χ3n) is 9.45. The highest BCUT2D eigenvalue weighted by molar-refractivity contribution is 6.02. The molecule has 1 aromatic carbocycles. The zero-order valence-corrected chi connectivity index (χ0v) is 25.9. The van der Waals surface area contributed by atoms with Crippen molar-refractivity contribution in [2.75, 3.05) is 0 Å². The Bertz CT molecular complexity index is 1850. The van der Waals surface area contributed by atoms with Crippen LogP contribution in [0.25, 0.3) is 44.1 Å². The van der Waals surface area contributed by atoms with Gasteiger partial charge >= 0.3 is 0 Å². The van der Waals surface area contributed by atoms with E-state index in [4.69, 9.17) is 9.97 Å². The van der Waals surface area contributed by atoms with Crippen LogP contribution in [0, 0.1) is 0 Å². The van der Waals surface area contributed by atoms with Crippen LogP contribution in [-0.4, -0.2) is 19.9 Å². The highest BCUT2D eigenvalue weighted by Crippen LogP contribution is 2.42. The molecule has 0 radical (unpaired) electrons. The zero-order chi connectivity index (χ0) is 28.8. The van der Waals surface area contributed by atoms with Crippen LogP contribution in [0.4, 0.5) is 0 Å². The maximum atomic E-state index is 5.39. The Labute approximate surface area is 244 Å². The van der Waals surface area contributed by atoms with Crippen molar-refractivity contribution in [2.24, 2.45) is 0 Å². The summed E-state index contributed by atoms with van der Waals surface area (Å²) in [5, 5.41) is 1.17. The SMILES string of the molecule is CCC1=C(CC)c2nc1cc1[nH]c(cc3[nH]c(cc4nc5c(cccc25)C4CC)c(CC)c3CC)c(CC)c1CC. The summed E-state index contributed by atoms with van der Waals surface area (Å²) in [6.07, 6.45) is 6.91. The normalized spacial score (nSPS) is 15.0. The van der Waals surface area contributed by atoms with Crippen LogP contribution in [0.1, 0.15) is 119 Å². The fraction of sp³-hybridized carbons (Fsp3) is 0.405. The molecule has 3 aromatic heterocycles. The van der Waals surface area contributed by atoms with Gasteiger partial charge in [0.25, 0.3) is 0 Å². The van der Waals surface area contributed by atoms with Gasteiger partial charge in [0, 0.05) is 33.4 Å². The van der Waals surface area contributed by atoms with E-state index in [1.165, 1.54) is 66.4 Å². The molecule has 0 fully saturated rings. The molecule has 1 atom stereocenters. The number of benzene rings is 1. The van der Waals surface area contributed by atoms with Crippen LogP contribution < -0.4 is 0 Å². The summed E-state index contributed by atoms with van der Waals surface area (Å²) in [5.74, 6) is 0.284. The standard InChI is InChI=1S/C37H44N4/c1-8-21-23(10-3)32-19-34-25(12-5)27(14-7)36(40-34)29-17-15-16-28-26(13-6)35(41-37(28)29)20-33-24(11-4)22(9-2)31(39-33)18-30(21)38-32/h15-20,26,38-39H,8-14H2,1-7H3. The van der Waals surface area contributed by atoms with Crippen molar-refractivity contribution in [3.8, 4) is 0 Å². The second kappa shape index (κ2) is 11.0. The molecule has 0 amide bonds. The average Bonchev–Trinajstić information content (AvgIpc) is 3.71. The van der Waals surface area contributed by atoms with E-state index in [-0.39, 0.29) is 5.92 Å². The fourth-order valence-electron chi connectivity index (χ4n) is 7.54. The number of aromatic amines is 2. The summed E-state index contributed by atoms with van der Waals surface area (Å²) in [5.41, 5.74) is 19.0. The Morgan fingerprint density at radius 2 is 1.17 bits per heavy atom. The number of H-pyrrole nitrogens is 2. The zero-order valence-electron chi connectivity index (χ0n) is 25.9. The minimum atomic E-state index is 0.284. The number of rotatable bonds is 7. The van der Waals surface area contributed by atoms with Gasteiger partial charge in [0.15, 0.2) is 0 Å².